The van der Waals surface area contributed by atoms with Crippen molar-refractivity contribution in [2.45, 2.75) is 26.4 Å². The molecule has 1 heterocycles. The summed E-state index contributed by atoms with van der Waals surface area (Å²) in [6, 6.07) is 15.8. The minimum atomic E-state index is -0.445. The molecule has 0 spiro atoms. The Kier molecular flexibility index (Phi) is 4.84. The summed E-state index contributed by atoms with van der Waals surface area (Å²) < 4.78 is 5.74. The average molecular weight is 336 g/mol. The van der Waals surface area contributed by atoms with Crippen molar-refractivity contribution in [2.24, 2.45) is 0 Å². The van der Waals surface area contributed by atoms with Gasteiger partial charge in [-0.1, -0.05) is 37.3 Å². The number of ether oxygens (including phenoxy) is 1. The molecule has 1 fully saturated rings. The number of imide groups is 1. The van der Waals surface area contributed by atoms with Crippen LogP contribution in [0.4, 0.5) is 10.5 Å². The lowest BCUT2D eigenvalue weighted by Gasteiger charge is -2.12. The summed E-state index contributed by atoms with van der Waals surface area (Å²) in [6.07, 6.45) is 2.75. The zero-order valence-corrected chi connectivity index (χ0v) is 14.2. The highest BCUT2D eigenvalue weighted by Crippen LogP contribution is 2.22. The Morgan fingerprint density at radius 1 is 1.08 bits per heavy atom. The number of rotatable bonds is 5. The SMILES string of the molecule is CC[C@@H](C)Oc1ccc(/C=C2/NC(=O)N(c3ccccc3)C2=O)cc1. The van der Waals surface area contributed by atoms with Crippen molar-refractivity contribution in [3.63, 3.8) is 0 Å². The highest BCUT2D eigenvalue weighted by molar-refractivity contribution is 6.28. The Bertz CT molecular complexity index is 797. The summed E-state index contributed by atoms with van der Waals surface area (Å²) in [6.45, 7) is 4.08. The number of urea groups is 1. The Morgan fingerprint density at radius 2 is 1.76 bits per heavy atom. The normalized spacial score (nSPS) is 16.9. The molecule has 1 saturated heterocycles. The number of hydrogen-bond donors (Lipinski definition) is 1. The van der Waals surface area contributed by atoms with E-state index < -0.39 is 6.03 Å². The molecule has 0 unspecified atom stereocenters. The molecule has 128 valence electrons. The molecule has 5 nitrogen and oxygen atoms in total. The van der Waals surface area contributed by atoms with Crippen LogP contribution in [0.1, 0.15) is 25.8 Å². The van der Waals surface area contributed by atoms with Gasteiger partial charge in [-0.2, -0.15) is 0 Å². The Hall–Kier alpha value is -3.08. The number of nitrogens with zero attached hydrogens (tertiary/aromatic N) is 1. The Balaban J connectivity index is 1.78. The molecule has 3 amide bonds. The van der Waals surface area contributed by atoms with Gasteiger partial charge in [-0.15, -0.1) is 0 Å². The molecule has 0 aromatic heterocycles. The fraction of sp³-hybridized carbons (Fsp3) is 0.200. The summed E-state index contributed by atoms with van der Waals surface area (Å²) in [5.74, 6) is 0.417. The molecule has 0 saturated carbocycles. The molecular formula is C20H20N2O3. The largest absolute Gasteiger partial charge is 0.491 e. The second-order valence-electron chi connectivity index (χ2n) is 5.87. The molecule has 25 heavy (non-hydrogen) atoms. The summed E-state index contributed by atoms with van der Waals surface area (Å²) in [4.78, 5) is 25.8. The first kappa shape index (κ1) is 16.8. The van der Waals surface area contributed by atoms with Crippen molar-refractivity contribution in [3.8, 4) is 5.75 Å². The van der Waals surface area contributed by atoms with Crippen molar-refractivity contribution in [1.82, 2.24) is 5.32 Å². The van der Waals surface area contributed by atoms with Gasteiger partial charge in [0.2, 0.25) is 0 Å². The van der Waals surface area contributed by atoms with Crippen LogP contribution in [-0.2, 0) is 4.79 Å². The third kappa shape index (κ3) is 3.71. The average Bonchev–Trinajstić information content (AvgIpc) is 2.90. The molecule has 0 radical (unpaired) electrons. The van der Waals surface area contributed by atoms with E-state index in [1.807, 2.05) is 37.3 Å². The van der Waals surface area contributed by atoms with Gasteiger partial charge in [0, 0.05) is 0 Å². The smallest absolute Gasteiger partial charge is 0.333 e. The van der Waals surface area contributed by atoms with Crippen LogP contribution in [0, 0.1) is 0 Å². The number of hydrogen-bond acceptors (Lipinski definition) is 3. The number of para-hydroxylation sites is 1. The molecular weight excluding hydrogens is 316 g/mol. The zero-order chi connectivity index (χ0) is 17.8. The molecule has 1 atom stereocenters. The number of nitrogens with one attached hydrogen (secondary N) is 1. The number of benzene rings is 2. The van der Waals surface area contributed by atoms with Gasteiger partial charge >= 0.3 is 6.03 Å². The molecule has 3 rings (SSSR count). The lowest BCUT2D eigenvalue weighted by atomic mass is 10.1. The summed E-state index contributed by atoms with van der Waals surface area (Å²) in [5, 5.41) is 2.62. The van der Waals surface area contributed by atoms with E-state index in [0.717, 1.165) is 22.6 Å². The second-order valence-corrected chi connectivity index (χ2v) is 5.87. The highest BCUT2D eigenvalue weighted by atomic mass is 16.5. The predicted molar refractivity (Wildman–Crippen MR) is 97.3 cm³/mol. The lowest BCUT2D eigenvalue weighted by molar-refractivity contribution is -0.113. The van der Waals surface area contributed by atoms with Gasteiger partial charge in [0.05, 0.1) is 11.8 Å². The van der Waals surface area contributed by atoms with Crippen LogP contribution in [0.25, 0.3) is 6.08 Å². The maximum atomic E-state index is 12.5. The molecule has 5 heteroatoms. The molecule has 0 bridgehead atoms. The first-order valence-corrected chi connectivity index (χ1v) is 8.27. The third-order valence-electron chi connectivity index (χ3n) is 4.00. The second kappa shape index (κ2) is 7.21. The van der Waals surface area contributed by atoms with E-state index in [0.29, 0.717) is 5.69 Å². The van der Waals surface area contributed by atoms with Crippen molar-refractivity contribution in [3.05, 3.63) is 65.9 Å². The van der Waals surface area contributed by atoms with Gasteiger partial charge in [-0.25, -0.2) is 9.69 Å². The fourth-order valence-electron chi connectivity index (χ4n) is 2.47. The van der Waals surface area contributed by atoms with Crippen molar-refractivity contribution in [2.75, 3.05) is 4.90 Å². The first-order valence-electron chi connectivity index (χ1n) is 8.27. The van der Waals surface area contributed by atoms with E-state index in [2.05, 4.69) is 12.2 Å². The number of carbonyl (C=O) groups excluding carboxylic acids is 2. The van der Waals surface area contributed by atoms with Gasteiger partial charge in [0.25, 0.3) is 5.91 Å². The molecule has 2 aromatic carbocycles. The van der Waals surface area contributed by atoms with Gasteiger partial charge in [0.15, 0.2) is 0 Å². The predicted octanol–water partition coefficient (Wildman–Crippen LogP) is 3.96. The van der Waals surface area contributed by atoms with Crippen molar-refractivity contribution in [1.29, 1.82) is 0 Å². The van der Waals surface area contributed by atoms with E-state index in [9.17, 15) is 9.59 Å². The fourth-order valence-corrected chi connectivity index (χ4v) is 2.47. The van der Waals surface area contributed by atoms with E-state index in [4.69, 9.17) is 4.74 Å². The van der Waals surface area contributed by atoms with Crippen LogP contribution in [0.2, 0.25) is 0 Å². The van der Waals surface area contributed by atoms with E-state index in [1.54, 1.807) is 30.3 Å². The first-order chi connectivity index (χ1) is 12.1. The number of anilines is 1. The van der Waals surface area contributed by atoms with Gasteiger partial charge in [-0.05, 0) is 49.2 Å². The van der Waals surface area contributed by atoms with Crippen LogP contribution in [-0.4, -0.2) is 18.0 Å². The molecule has 1 aliphatic rings. The van der Waals surface area contributed by atoms with Gasteiger partial charge in [0.1, 0.15) is 11.4 Å². The highest BCUT2D eigenvalue weighted by Gasteiger charge is 2.34. The van der Waals surface area contributed by atoms with Crippen molar-refractivity contribution >= 4 is 23.7 Å². The van der Waals surface area contributed by atoms with Crippen LogP contribution >= 0.6 is 0 Å². The van der Waals surface area contributed by atoms with E-state index in [1.165, 1.54) is 0 Å². The van der Waals surface area contributed by atoms with Crippen LogP contribution < -0.4 is 15.0 Å². The molecule has 2 aromatic rings. The summed E-state index contributed by atoms with van der Waals surface area (Å²) in [5.41, 5.74) is 1.62. The zero-order valence-electron chi connectivity index (χ0n) is 14.2. The monoisotopic (exact) mass is 336 g/mol. The molecule has 1 N–H and O–H groups in total. The van der Waals surface area contributed by atoms with Crippen LogP contribution in [0.15, 0.2) is 60.3 Å². The van der Waals surface area contributed by atoms with Crippen molar-refractivity contribution < 1.29 is 14.3 Å². The Morgan fingerprint density at radius 3 is 2.40 bits per heavy atom. The topological polar surface area (TPSA) is 58.6 Å². The van der Waals surface area contributed by atoms with Gasteiger partial charge in [-0.3, -0.25) is 4.79 Å². The summed E-state index contributed by atoms with van der Waals surface area (Å²) in [7, 11) is 0. The minimum Gasteiger partial charge on any atom is -0.491 e. The minimum absolute atomic E-state index is 0.152. The number of amides is 3. The van der Waals surface area contributed by atoms with Crippen LogP contribution in [0.3, 0.4) is 0 Å². The Labute approximate surface area is 146 Å². The maximum absolute atomic E-state index is 12.5. The standard InChI is InChI=1S/C20H20N2O3/c1-3-14(2)25-17-11-9-15(10-12-17)13-18-19(23)22(20(24)21-18)16-7-5-4-6-8-16/h4-14H,3H2,1-2H3,(H,21,24)/b18-13+/t14-/m1/s1. The molecule has 1 aliphatic heterocycles. The number of carbonyl (C=O) groups is 2. The lowest BCUT2D eigenvalue weighted by Crippen LogP contribution is -2.30. The third-order valence-corrected chi connectivity index (χ3v) is 4.00. The van der Waals surface area contributed by atoms with Gasteiger partial charge < -0.3 is 10.1 Å². The quantitative estimate of drug-likeness (QED) is 0.664. The van der Waals surface area contributed by atoms with Crippen LogP contribution in [0.5, 0.6) is 5.75 Å². The molecule has 0 aliphatic carbocycles. The van der Waals surface area contributed by atoms with E-state index >= 15 is 0 Å². The maximum Gasteiger partial charge on any atom is 0.333 e. The summed E-state index contributed by atoms with van der Waals surface area (Å²) >= 11 is 0. The van der Waals surface area contributed by atoms with E-state index in [-0.39, 0.29) is 17.7 Å².